The van der Waals surface area contributed by atoms with Crippen molar-refractivity contribution in [2.24, 2.45) is 5.92 Å². The second-order valence-corrected chi connectivity index (χ2v) is 7.41. The van der Waals surface area contributed by atoms with Crippen molar-refractivity contribution < 1.29 is 19.4 Å². The number of carbonyl (C=O) groups excluding carboxylic acids is 2. The first-order valence-corrected chi connectivity index (χ1v) is 9.62. The maximum absolute atomic E-state index is 13.0. The molecule has 0 bridgehead atoms. The van der Waals surface area contributed by atoms with Gasteiger partial charge in [-0.3, -0.25) is 9.59 Å². The van der Waals surface area contributed by atoms with E-state index in [9.17, 15) is 9.59 Å². The molecular weight excluding hydrogens is 346 g/mol. The van der Waals surface area contributed by atoms with Crippen LogP contribution in [-0.2, 0) is 14.3 Å². The molecule has 0 radical (unpaired) electrons. The Hall–Kier alpha value is -1.96. The Morgan fingerprint density at radius 3 is 2.67 bits per heavy atom. The Morgan fingerprint density at radius 2 is 2.00 bits per heavy atom. The SMILES string of the molecule is CN(CC1CCN(CCO)CC1)C(=O)C1OCC(=O)NC1c1ccccc1. The molecule has 2 amide bonds. The van der Waals surface area contributed by atoms with Gasteiger partial charge in [-0.05, 0) is 37.4 Å². The largest absolute Gasteiger partial charge is 0.395 e. The zero-order valence-electron chi connectivity index (χ0n) is 15.8. The van der Waals surface area contributed by atoms with Crippen LogP contribution in [0.2, 0.25) is 0 Å². The number of ether oxygens (including phenoxy) is 1. The summed E-state index contributed by atoms with van der Waals surface area (Å²) in [7, 11) is 1.81. The van der Waals surface area contributed by atoms with Crippen molar-refractivity contribution in [3.8, 4) is 0 Å². The maximum Gasteiger partial charge on any atom is 0.253 e. The lowest BCUT2D eigenvalue weighted by molar-refractivity contribution is -0.154. The van der Waals surface area contributed by atoms with Crippen molar-refractivity contribution in [2.75, 3.05) is 46.4 Å². The fourth-order valence-corrected chi connectivity index (χ4v) is 3.91. The van der Waals surface area contributed by atoms with Gasteiger partial charge in [0.05, 0.1) is 12.6 Å². The summed E-state index contributed by atoms with van der Waals surface area (Å²) in [6.45, 7) is 3.41. The molecule has 3 rings (SSSR count). The first kappa shape index (κ1) is 19.8. The molecule has 0 aromatic heterocycles. The lowest BCUT2D eigenvalue weighted by Crippen LogP contribution is -2.53. The van der Waals surface area contributed by atoms with E-state index in [2.05, 4.69) is 10.2 Å². The van der Waals surface area contributed by atoms with E-state index in [0.29, 0.717) is 12.5 Å². The van der Waals surface area contributed by atoms with E-state index in [1.165, 1.54) is 0 Å². The van der Waals surface area contributed by atoms with Crippen LogP contribution in [0.3, 0.4) is 0 Å². The van der Waals surface area contributed by atoms with Gasteiger partial charge in [0.2, 0.25) is 5.91 Å². The monoisotopic (exact) mass is 375 g/mol. The van der Waals surface area contributed by atoms with Crippen LogP contribution in [0, 0.1) is 5.92 Å². The van der Waals surface area contributed by atoms with E-state index >= 15 is 0 Å². The molecular formula is C20H29N3O4. The zero-order valence-corrected chi connectivity index (χ0v) is 15.8. The van der Waals surface area contributed by atoms with Gasteiger partial charge >= 0.3 is 0 Å². The number of carbonyl (C=O) groups is 2. The fraction of sp³-hybridized carbons (Fsp3) is 0.600. The van der Waals surface area contributed by atoms with Crippen molar-refractivity contribution in [3.63, 3.8) is 0 Å². The van der Waals surface area contributed by atoms with Gasteiger partial charge in [0.15, 0.2) is 6.10 Å². The summed E-state index contributed by atoms with van der Waals surface area (Å²) in [6.07, 6.45) is 1.33. The number of nitrogens with zero attached hydrogens (tertiary/aromatic N) is 2. The Bertz CT molecular complexity index is 631. The molecule has 2 atom stereocenters. The number of morpholine rings is 1. The van der Waals surface area contributed by atoms with E-state index in [0.717, 1.165) is 38.0 Å². The van der Waals surface area contributed by atoms with Crippen LogP contribution in [0.25, 0.3) is 0 Å². The maximum atomic E-state index is 13.0. The van der Waals surface area contributed by atoms with Gasteiger partial charge in [0, 0.05) is 20.1 Å². The van der Waals surface area contributed by atoms with E-state index < -0.39 is 12.1 Å². The number of hydrogen-bond acceptors (Lipinski definition) is 5. The third-order valence-electron chi connectivity index (χ3n) is 5.45. The topological polar surface area (TPSA) is 82.1 Å². The summed E-state index contributed by atoms with van der Waals surface area (Å²) < 4.78 is 5.64. The number of likely N-dealkylation sites (tertiary alicyclic amines) is 1. The highest BCUT2D eigenvalue weighted by molar-refractivity contribution is 5.86. The van der Waals surface area contributed by atoms with E-state index in [-0.39, 0.29) is 25.0 Å². The number of likely N-dealkylation sites (N-methyl/N-ethyl adjacent to an activating group) is 1. The Morgan fingerprint density at radius 1 is 1.30 bits per heavy atom. The molecule has 2 N–H and O–H groups in total. The van der Waals surface area contributed by atoms with Gasteiger partial charge in [0.25, 0.3) is 5.91 Å². The number of benzene rings is 1. The Kier molecular flexibility index (Phi) is 6.82. The Labute approximate surface area is 160 Å². The van der Waals surface area contributed by atoms with Crippen LogP contribution >= 0.6 is 0 Å². The van der Waals surface area contributed by atoms with Crippen molar-refractivity contribution >= 4 is 11.8 Å². The minimum Gasteiger partial charge on any atom is -0.395 e. The molecule has 148 valence electrons. The number of rotatable bonds is 6. The van der Waals surface area contributed by atoms with Crippen molar-refractivity contribution in [3.05, 3.63) is 35.9 Å². The Balaban J connectivity index is 1.60. The highest BCUT2D eigenvalue weighted by atomic mass is 16.5. The molecule has 1 aromatic carbocycles. The molecule has 2 aliphatic heterocycles. The van der Waals surface area contributed by atoms with Crippen molar-refractivity contribution in [1.29, 1.82) is 0 Å². The number of β-amino-alcohol motifs (C(OH)–C–C–N with tert-alkyl or cyclic N) is 1. The molecule has 2 aliphatic rings. The van der Waals surface area contributed by atoms with Gasteiger partial charge in [-0.2, -0.15) is 0 Å². The average molecular weight is 375 g/mol. The smallest absolute Gasteiger partial charge is 0.253 e. The second kappa shape index (κ2) is 9.30. The molecule has 0 spiro atoms. The van der Waals surface area contributed by atoms with Gasteiger partial charge in [-0.25, -0.2) is 0 Å². The van der Waals surface area contributed by atoms with Crippen molar-refractivity contribution in [2.45, 2.75) is 25.0 Å². The number of piperidine rings is 1. The molecule has 0 saturated carbocycles. The van der Waals surface area contributed by atoms with E-state index in [4.69, 9.17) is 9.84 Å². The summed E-state index contributed by atoms with van der Waals surface area (Å²) >= 11 is 0. The summed E-state index contributed by atoms with van der Waals surface area (Å²) in [6, 6.07) is 9.02. The molecule has 2 heterocycles. The zero-order chi connectivity index (χ0) is 19.2. The van der Waals surface area contributed by atoms with Gasteiger partial charge in [0.1, 0.15) is 6.61 Å². The molecule has 7 nitrogen and oxygen atoms in total. The molecule has 2 fully saturated rings. The summed E-state index contributed by atoms with van der Waals surface area (Å²) in [5.74, 6) is 0.149. The molecule has 2 saturated heterocycles. The lowest BCUT2D eigenvalue weighted by atomic mass is 9.95. The summed E-state index contributed by atoms with van der Waals surface area (Å²) in [5.41, 5.74) is 0.870. The third kappa shape index (κ3) is 5.06. The van der Waals surface area contributed by atoms with Crippen molar-refractivity contribution in [1.82, 2.24) is 15.1 Å². The first-order valence-electron chi connectivity index (χ1n) is 9.62. The quantitative estimate of drug-likeness (QED) is 0.752. The fourth-order valence-electron chi connectivity index (χ4n) is 3.91. The molecule has 27 heavy (non-hydrogen) atoms. The molecule has 1 aromatic rings. The minimum atomic E-state index is -0.704. The van der Waals surface area contributed by atoms with Crippen LogP contribution in [0.5, 0.6) is 0 Å². The normalized spacial score (nSPS) is 24.4. The number of aliphatic hydroxyl groups excluding tert-OH is 1. The molecule has 7 heteroatoms. The van der Waals surface area contributed by atoms with E-state index in [1.54, 1.807) is 4.90 Å². The second-order valence-electron chi connectivity index (χ2n) is 7.41. The van der Waals surface area contributed by atoms with E-state index in [1.807, 2.05) is 37.4 Å². The molecule has 0 aliphatic carbocycles. The van der Waals surface area contributed by atoms with Crippen LogP contribution in [-0.4, -0.2) is 79.3 Å². The number of hydrogen-bond donors (Lipinski definition) is 2. The summed E-state index contributed by atoms with van der Waals surface area (Å²) in [5, 5.41) is 11.9. The average Bonchev–Trinajstić information content (AvgIpc) is 2.70. The highest BCUT2D eigenvalue weighted by Crippen LogP contribution is 2.25. The predicted molar refractivity (Wildman–Crippen MR) is 101 cm³/mol. The van der Waals surface area contributed by atoms with Gasteiger partial charge in [-0.1, -0.05) is 30.3 Å². The van der Waals surface area contributed by atoms with Gasteiger partial charge in [-0.15, -0.1) is 0 Å². The standard InChI is InChI=1S/C20H29N3O4/c1-22(13-15-7-9-23(10-8-15)11-12-24)20(26)19-18(21-17(25)14-27-19)16-5-3-2-4-6-16/h2-6,15,18-19,24H,7-14H2,1H3,(H,21,25). The number of nitrogens with one attached hydrogen (secondary N) is 1. The first-order chi connectivity index (χ1) is 13.1. The minimum absolute atomic E-state index is 0.0902. The number of aliphatic hydroxyl groups is 1. The van der Waals surface area contributed by atoms with Crippen LogP contribution in [0.4, 0.5) is 0 Å². The van der Waals surface area contributed by atoms with Crippen LogP contribution in [0.15, 0.2) is 30.3 Å². The van der Waals surface area contributed by atoms with Crippen LogP contribution in [0.1, 0.15) is 24.4 Å². The highest BCUT2D eigenvalue weighted by Gasteiger charge is 2.38. The lowest BCUT2D eigenvalue weighted by Gasteiger charge is -2.37. The molecule has 2 unspecified atom stereocenters. The summed E-state index contributed by atoms with van der Waals surface area (Å²) in [4.78, 5) is 28.8. The third-order valence-corrected chi connectivity index (χ3v) is 5.45. The number of amides is 2. The van der Waals surface area contributed by atoms with Crippen LogP contribution < -0.4 is 5.32 Å². The predicted octanol–water partition coefficient (Wildman–Crippen LogP) is 0.405. The van der Waals surface area contributed by atoms with Gasteiger partial charge < -0.3 is 25.0 Å².